The zero-order chi connectivity index (χ0) is 25.8. The van der Waals surface area contributed by atoms with E-state index in [4.69, 9.17) is 14.2 Å². The summed E-state index contributed by atoms with van der Waals surface area (Å²) in [5.41, 5.74) is 0.792. The van der Waals surface area contributed by atoms with E-state index in [1.807, 2.05) is 6.07 Å². The number of hydrogen-bond donors (Lipinski definition) is 3. The minimum Gasteiger partial charge on any atom is -0.508 e. The number of fused-ring (bicyclic) bond motifs is 1. The molecule has 0 atom stereocenters. The first-order valence-electron chi connectivity index (χ1n) is 12.0. The molecule has 0 radical (unpaired) electrons. The van der Waals surface area contributed by atoms with Crippen LogP contribution < -0.4 is 24.8 Å². The lowest BCUT2D eigenvalue weighted by Crippen LogP contribution is -2.41. The van der Waals surface area contributed by atoms with Crippen LogP contribution in [0.5, 0.6) is 28.9 Å². The molecule has 2 heterocycles. The van der Waals surface area contributed by atoms with Crippen molar-refractivity contribution in [3.05, 3.63) is 71.7 Å². The molecule has 1 saturated carbocycles. The first kappa shape index (κ1) is 24.4. The zero-order valence-electron chi connectivity index (χ0n) is 19.9. The van der Waals surface area contributed by atoms with Gasteiger partial charge in [-0.15, -0.1) is 0 Å². The third kappa shape index (κ3) is 5.91. The molecule has 0 spiro atoms. The molecule has 1 aliphatic heterocycles. The maximum absolute atomic E-state index is 14.0. The Morgan fingerprint density at radius 2 is 1.86 bits per heavy atom. The molecule has 3 aromatic rings. The smallest absolute Gasteiger partial charge is 0.257 e. The van der Waals surface area contributed by atoms with Crippen LogP contribution in [0.25, 0.3) is 0 Å². The van der Waals surface area contributed by atoms with Gasteiger partial charge in [0.2, 0.25) is 18.6 Å². The minimum atomic E-state index is -0.657. The highest BCUT2D eigenvalue weighted by molar-refractivity contribution is 5.96. The fraction of sp³-hybridized carbons (Fsp3) is 0.296. The summed E-state index contributed by atoms with van der Waals surface area (Å²) >= 11 is 0. The van der Waals surface area contributed by atoms with Gasteiger partial charge in [0.05, 0.1) is 6.20 Å². The molecule has 0 bridgehead atoms. The van der Waals surface area contributed by atoms with Crippen LogP contribution in [0.3, 0.4) is 0 Å². The predicted octanol–water partition coefficient (Wildman–Crippen LogP) is 4.05. The number of nitrogens with zero attached hydrogens (tertiary/aromatic N) is 1. The molecule has 2 amide bonds. The summed E-state index contributed by atoms with van der Waals surface area (Å²) in [6, 6.07) is 12.6. The summed E-state index contributed by atoms with van der Waals surface area (Å²) in [7, 11) is 0. The first-order chi connectivity index (χ1) is 17.9. The molecule has 37 heavy (non-hydrogen) atoms. The molecule has 2 aliphatic rings. The number of phenolic OH excluding ortho intramolecular Hbond substituents is 1. The molecule has 1 aliphatic carbocycles. The standard InChI is InChI=1S/C27H26FN3O6/c28-18-11-22(27(30-14-18)37-21-8-9-23-24(12-21)36-15-35-23)26(34)31-19-6-4-17(5-7-19)25(33)29-13-16-2-1-3-20(32)10-16/h1-3,8-12,14,17,19,32H,4-7,13,15H2,(H,29,33)(H,31,34). The van der Waals surface area contributed by atoms with Crippen molar-refractivity contribution in [2.24, 2.45) is 5.92 Å². The van der Waals surface area contributed by atoms with Crippen LogP contribution in [0, 0.1) is 11.7 Å². The number of phenols is 1. The third-order valence-corrected chi connectivity index (χ3v) is 6.43. The van der Waals surface area contributed by atoms with E-state index >= 15 is 0 Å². The van der Waals surface area contributed by atoms with Gasteiger partial charge in [0.25, 0.3) is 5.91 Å². The Hall–Kier alpha value is -4.34. The number of nitrogens with one attached hydrogen (secondary N) is 2. The molecule has 1 aromatic heterocycles. The van der Waals surface area contributed by atoms with Gasteiger partial charge in [-0.3, -0.25) is 9.59 Å². The summed E-state index contributed by atoms with van der Waals surface area (Å²) < 4.78 is 30.4. The van der Waals surface area contributed by atoms with Gasteiger partial charge >= 0.3 is 0 Å². The van der Waals surface area contributed by atoms with Crippen molar-refractivity contribution in [1.29, 1.82) is 0 Å². The number of rotatable bonds is 7. The fourth-order valence-corrected chi connectivity index (χ4v) is 4.49. The molecular weight excluding hydrogens is 481 g/mol. The molecule has 10 heteroatoms. The van der Waals surface area contributed by atoms with Gasteiger partial charge in [0, 0.05) is 24.6 Å². The van der Waals surface area contributed by atoms with Crippen molar-refractivity contribution in [2.75, 3.05) is 6.79 Å². The highest BCUT2D eigenvalue weighted by atomic mass is 19.1. The van der Waals surface area contributed by atoms with Crippen molar-refractivity contribution >= 4 is 11.8 Å². The average Bonchev–Trinajstić information content (AvgIpc) is 3.37. The van der Waals surface area contributed by atoms with Gasteiger partial charge in [-0.1, -0.05) is 12.1 Å². The first-order valence-corrected chi connectivity index (χ1v) is 12.0. The van der Waals surface area contributed by atoms with Crippen molar-refractivity contribution in [3.8, 4) is 28.9 Å². The van der Waals surface area contributed by atoms with E-state index in [0.717, 1.165) is 17.8 Å². The van der Waals surface area contributed by atoms with E-state index in [0.29, 0.717) is 49.5 Å². The number of halogens is 1. The SMILES string of the molecule is O=C(NC1CCC(C(=O)NCc2cccc(O)c2)CC1)c1cc(F)cnc1Oc1ccc2c(c1)OCO2. The summed E-state index contributed by atoms with van der Waals surface area (Å²) in [4.78, 5) is 29.6. The monoisotopic (exact) mass is 507 g/mol. The molecule has 5 rings (SSSR count). The molecule has 0 unspecified atom stereocenters. The summed E-state index contributed by atoms with van der Waals surface area (Å²) in [5, 5.41) is 15.4. The van der Waals surface area contributed by atoms with E-state index in [-0.39, 0.29) is 41.9 Å². The van der Waals surface area contributed by atoms with Crippen LogP contribution in [-0.2, 0) is 11.3 Å². The maximum Gasteiger partial charge on any atom is 0.257 e. The van der Waals surface area contributed by atoms with E-state index in [1.165, 1.54) is 0 Å². The maximum atomic E-state index is 14.0. The molecule has 192 valence electrons. The molecule has 0 saturated heterocycles. The molecule has 1 fully saturated rings. The van der Waals surface area contributed by atoms with Crippen LogP contribution in [0.1, 0.15) is 41.6 Å². The lowest BCUT2D eigenvalue weighted by Gasteiger charge is -2.28. The molecular formula is C27H26FN3O6. The van der Waals surface area contributed by atoms with Crippen molar-refractivity contribution in [2.45, 2.75) is 38.3 Å². The molecule has 9 nitrogen and oxygen atoms in total. The van der Waals surface area contributed by atoms with E-state index in [2.05, 4.69) is 15.6 Å². The second-order valence-corrected chi connectivity index (χ2v) is 9.03. The quantitative estimate of drug-likeness (QED) is 0.441. The minimum absolute atomic E-state index is 0.0244. The Morgan fingerprint density at radius 3 is 2.68 bits per heavy atom. The Labute approximate surface area is 212 Å². The number of hydrogen-bond acceptors (Lipinski definition) is 7. The van der Waals surface area contributed by atoms with Crippen LogP contribution >= 0.6 is 0 Å². The number of aromatic hydroxyl groups is 1. The number of benzene rings is 2. The normalized spacial score (nSPS) is 18.2. The highest BCUT2D eigenvalue weighted by Gasteiger charge is 2.28. The van der Waals surface area contributed by atoms with Crippen molar-refractivity contribution in [3.63, 3.8) is 0 Å². The number of ether oxygens (including phenoxy) is 3. The predicted molar refractivity (Wildman–Crippen MR) is 130 cm³/mol. The van der Waals surface area contributed by atoms with Crippen LogP contribution in [0.15, 0.2) is 54.7 Å². The fourth-order valence-electron chi connectivity index (χ4n) is 4.49. The van der Waals surface area contributed by atoms with Gasteiger partial charge in [0.1, 0.15) is 22.9 Å². The highest BCUT2D eigenvalue weighted by Crippen LogP contribution is 2.37. The van der Waals surface area contributed by atoms with Crippen LogP contribution in [0.4, 0.5) is 4.39 Å². The summed E-state index contributed by atoms with van der Waals surface area (Å²) in [5.74, 6) is 0.214. The number of amides is 2. The number of aromatic nitrogens is 1. The number of carbonyl (C=O) groups is 2. The molecule has 3 N–H and O–H groups in total. The Morgan fingerprint density at radius 1 is 1.05 bits per heavy atom. The van der Waals surface area contributed by atoms with Crippen LogP contribution in [0.2, 0.25) is 0 Å². The Kier molecular flexibility index (Phi) is 7.07. The zero-order valence-corrected chi connectivity index (χ0v) is 19.9. The van der Waals surface area contributed by atoms with Gasteiger partial charge < -0.3 is 30.0 Å². The summed E-state index contributed by atoms with van der Waals surface area (Å²) in [6.45, 7) is 0.450. The second kappa shape index (κ2) is 10.7. The number of carbonyl (C=O) groups excluding carboxylic acids is 2. The Bertz CT molecular complexity index is 1310. The average molecular weight is 508 g/mol. The summed E-state index contributed by atoms with van der Waals surface area (Å²) in [6.07, 6.45) is 3.42. The Balaban J connectivity index is 1.16. The largest absolute Gasteiger partial charge is 0.508 e. The van der Waals surface area contributed by atoms with Gasteiger partial charge in [-0.25, -0.2) is 9.37 Å². The number of pyridine rings is 1. The van der Waals surface area contributed by atoms with E-state index in [1.54, 1.807) is 36.4 Å². The lowest BCUT2D eigenvalue weighted by atomic mass is 9.85. The van der Waals surface area contributed by atoms with Gasteiger partial charge in [-0.05, 0) is 61.6 Å². The molecule has 2 aromatic carbocycles. The lowest BCUT2D eigenvalue weighted by molar-refractivity contribution is -0.126. The van der Waals surface area contributed by atoms with Gasteiger partial charge in [0.15, 0.2) is 11.5 Å². The van der Waals surface area contributed by atoms with Crippen LogP contribution in [-0.4, -0.2) is 34.7 Å². The second-order valence-electron chi connectivity index (χ2n) is 9.03. The van der Waals surface area contributed by atoms with Crippen molar-refractivity contribution in [1.82, 2.24) is 15.6 Å². The topological polar surface area (TPSA) is 119 Å². The van der Waals surface area contributed by atoms with E-state index in [9.17, 15) is 19.1 Å². The van der Waals surface area contributed by atoms with Gasteiger partial charge in [-0.2, -0.15) is 0 Å². The van der Waals surface area contributed by atoms with E-state index < -0.39 is 11.7 Å². The van der Waals surface area contributed by atoms with Crippen molar-refractivity contribution < 1.29 is 33.3 Å². The third-order valence-electron chi connectivity index (χ3n) is 6.43.